The SMILES string of the molecule is Cc1cc(N)cc(C(=O)OCCC(N)C(=O)O)c1. The van der Waals surface area contributed by atoms with Crippen LogP contribution in [0.15, 0.2) is 18.2 Å². The molecule has 6 heteroatoms. The van der Waals surface area contributed by atoms with Gasteiger partial charge in [-0.05, 0) is 30.7 Å². The lowest BCUT2D eigenvalue weighted by atomic mass is 10.1. The monoisotopic (exact) mass is 252 g/mol. The summed E-state index contributed by atoms with van der Waals surface area (Å²) in [6.07, 6.45) is 0.0718. The Morgan fingerprint density at radius 2 is 2.06 bits per heavy atom. The summed E-state index contributed by atoms with van der Waals surface area (Å²) >= 11 is 0. The van der Waals surface area contributed by atoms with Gasteiger partial charge in [0.15, 0.2) is 0 Å². The Hall–Kier alpha value is -2.08. The van der Waals surface area contributed by atoms with Crippen LogP contribution in [0.2, 0.25) is 0 Å². The number of ether oxygens (including phenoxy) is 1. The predicted octanol–water partition coefficient (Wildman–Crippen LogP) is 0.536. The van der Waals surface area contributed by atoms with Gasteiger partial charge >= 0.3 is 11.9 Å². The molecule has 1 atom stereocenters. The van der Waals surface area contributed by atoms with E-state index in [0.29, 0.717) is 11.3 Å². The van der Waals surface area contributed by atoms with Crippen molar-refractivity contribution < 1.29 is 19.4 Å². The van der Waals surface area contributed by atoms with E-state index in [0.717, 1.165) is 5.56 Å². The molecule has 0 bridgehead atoms. The van der Waals surface area contributed by atoms with Gasteiger partial charge in [0.05, 0.1) is 12.2 Å². The van der Waals surface area contributed by atoms with Gasteiger partial charge in [-0.3, -0.25) is 4.79 Å². The van der Waals surface area contributed by atoms with Crippen LogP contribution in [0, 0.1) is 6.92 Å². The first-order valence-corrected chi connectivity index (χ1v) is 5.43. The van der Waals surface area contributed by atoms with Crippen LogP contribution in [0.25, 0.3) is 0 Å². The Morgan fingerprint density at radius 1 is 1.39 bits per heavy atom. The first-order chi connectivity index (χ1) is 8.40. The molecule has 0 saturated heterocycles. The summed E-state index contributed by atoms with van der Waals surface area (Å²) in [7, 11) is 0. The third-order valence-corrected chi connectivity index (χ3v) is 2.31. The molecule has 0 fully saturated rings. The summed E-state index contributed by atoms with van der Waals surface area (Å²) in [5.74, 6) is -1.66. The van der Waals surface area contributed by atoms with E-state index in [4.69, 9.17) is 21.3 Å². The maximum absolute atomic E-state index is 11.6. The van der Waals surface area contributed by atoms with Crippen LogP contribution in [0.3, 0.4) is 0 Å². The van der Waals surface area contributed by atoms with E-state index < -0.39 is 18.0 Å². The molecule has 1 rings (SSSR count). The predicted molar refractivity (Wildman–Crippen MR) is 66.1 cm³/mol. The van der Waals surface area contributed by atoms with E-state index in [2.05, 4.69) is 0 Å². The van der Waals surface area contributed by atoms with Gasteiger partial charge in [0, 0.05) is 12.1 Å². The number of benzene rings is 1. The largest absolute Gasteiger partial charge is 0.480 e. The van der Waals surface area contributed by atoms with Crippen LogP contribution in [0.4, 0.5) is 5.69 Å². The Balaban J connectivity index is 2.53. The Morgan fingerprint density at radius 3 is 2.61 bits per heavy atom. The highest BCUT2D eigenvalue weighted by atomic mass is 16.5. The van der Waals surface area contributed by atoms with Crippen molar-refractivity contribution in [3.05, 3.63) is 29.3 Å². The number of rotatable bonds is 5. The Kier molecular flexibility index (Phi) is 4.67. The summed E-state index contributed by atoms with van der Waals surface area (Å²) in [6.45, 7) is 1.77. The molecule has 0 radical (unpaired) electrons. The van der Waals surface area contributed by atoms with Gasteiger partial charge in [-0.1, -0.05) is 0 Å². The average Bonchev–Trinajstić information content (AvgIpc) is 2.27. The number of hydrogen-bond acceptors (Lipinski definition) is 5. The van der Waals surface area contributed by atoms with Gasteiger partial charge in [-0.2, -0.15) is 0 Å². The molecule has 98 valence electrons. The van der Waals surface area contributed by atoms with Crippen LogP contribution in [0.5, 0.6) is 0 Å². The number of aliphatic carboxylic acids is 1. The molecule has 0 amide bonds. The lowest BCUT2D eigenvalue weighted by molar-refractivity contribution is -0.138. The third-order valence-electron chi connectivity index (χ3n) is 2.31. The van der Waals surface area contributed by atoms with Crippen molar-refractivity contribution in [2.45, 2.75) is 19.4 Å². The molecule has 0 spiro atoms. The number of nitrogen functional groups attached to an aromatic ring is 1. The lowest BCUT2D eigenvalue weighted by Gasteiger charge is -2.08. The molecule has 0 aliphatic heterocycles. The molecule has 1 aromatic carbocycles. The zero-order valence-corrected chi connectivity index (χ0v) is 10.1. The molecule has 18 heavy (non-hydrogen) atoms. The highest BCUT2D eigenvalue weighted by molar-refractivity contribution is 5.90. The topological polar surface area (TPSA) is 116 Å². The zero-order chi connectivity index (χ0) is 13.7. The van der Waals surface area contributed by atoms with Gasteiger partial charge < -0.3 is 21.3 Å². The highest BCUT2D eigenvalue weighted by Crippen LogP contribution is 2.12. The maximum atomic E-state index is 11.6. The molecule has 0 heterocycles. The average molecular weight is 252 g/mol. The van der Waals surface area contributed by atoms with Gasteiger partial charge in [-0.15, -0.1) is 0 Å². The summed E-state index contributed by atoms with van der Waals surface area (Å²) in [5.41, 5.74) is 12.6. The van der Waals surface area contributed by atoms with Crippen LogP contribution >= 0.6 is 0 Å². The van der Waals surface area contributed by atoms with Crippen LogP contribution < -0.4 is 11.5 Å². The fourth-order valence-electron chi connectivity index (χ4n) is 1.42. The number of carboxylic acid groups (broad SMARTS) is 1. The van der Waals surface area contributed by atoms with Crippen molar-refractivity contribution in [1.82, 2.24) is 0 Å². The molecule has 0 aromatic heterocycles. The van der Waals surface area contributed by atoms with Crippen molar-refractivity contribution in [2.75, 3.05) is 12.3 Å². The molecule has 0 saturated carbocycles. The zero-order valence-electron chi connectivity index (χ0n) is 10.1. The fraction of sp³-hybridized carbons (Fsp3) is 0.333. The maximum Gasteiger partial charge on any atom is 0.338 e. The van der Waals surface area contributed by atoms with Crippen molar-refractivity contribution in [3.63, 3.8) is 0 Å². The first kappa shape index (κ1) is 14.0. The van der Waals surface area contributed by atoms with E-state index in [1.807, 2.05) is 6.92 Å². The van der Waals surface area contributed by atoms with Gasteiger partial charge in [0.2, 0.25) is 0 Å². The second-order valence-corrected chi connectivity index (χ2v) is 4.00. The van der Waals surface area contributed by atoms with Crippen molar-refractivity contribution in [2.24, 2.45) is 5.73 Å². The summed E-state index contributed by atoms with van der Waals surface area (Å²) < 4.78 is 4.92. The minimum Gasteiger partial charge on any atom is -0.480 e. The molecular formula is C12H16N2O4. The number of nitrogens with two attached hydrogens (primary N) is 2. The lowest BCUT2D eigenvalue weighted by Crippen LogP contribution is -2.31. The second kappa shape index (κ2) is 6.02. The van der Waals surface area contributed by atoms with Gasteiger partial charge in [0.1, 0.15) is 6.04 Å². The minimum atomic E-state index is -1.12. The normalized spacial score (nSPS) is 11.9. The van der Waals surface area contributed by atoms with Gasteiger partial charge in [0.25, 0.3) is 0 Å². The minimum absolute atomic E-state index is 0.0415. The number of carbonyl (C=O) groups is 2. The van der Waals surface area contributed by atoms with E-state index in [1.54, 1.807) is 12.1 Å². The highest BCUT2D eigenvalue weighted by Gasteiger charge is 2.13. The van der Waals surface area contributed by atoms with Crippen molar-refractivity contribution in [3.8, 4) is 0 Å². The first-order valence-electron chi connectivity index (χ1n) is 5.43. The van der Waals surface area contributed by atoms with Crippen molar-refractivity contribution >= 4 is 17.6 Å². The van der Waals surface area contributed by atoms with Gasteiger partial charge in [-0.25, -0.2) is 4.79 Å². The molecule has 0 aliphatic carbocycles. The summed E-state index contributed by atoms with van der Waals surface area (Å²) in [4.78, 5) is 22.1. The number of esters is 1. The standard InChI is InChI=1S/C12H16N2O4/c1-7-4-8(6-9(13)5-7)12(17)18-3-2-10(14)11(15)16/h4-6,10H,2-3,13-14H2,1H3,(H,15,16). The quantitative estimate of drug-likeness (QED) is 0.520. The van der Waals surface area contributed by atoms with E-state index >= 15 is 0 Å². The molecular weight excluding hydrogens is 236 g/mol. The second-order valence-electron chi connectivity index (χ2n) is 4.00. The fourth-order valence-corrected chi connectivity index (χ4v) is 1.42. The molecule has 1 aromatic rings. The Bertz CT molecular complexity index is 439. The summed E-state index contributed by atoms with van der Waals surface area (Å²) in [6, 6.07) is 3.86. The molecule has 5 N–H and O–H groups in total. The van der Waals surface area contributed by atoms with E-state index in [-0.39, 0.29) is 13.0 Å². The van der Waals surface area contributed by atoms with E-state index in [9.17, 15) is 9.59 Å². The Labute approximate surface area is 105 Å². The smallest absolute Gasteiger partial charge is 0.338 e. The number of carbonyl (C=O) groups excluding carboxylic acids is 1. The number of anilines is 1. The number of carboxylic acids is 1. The number of aryl methyl sites for hydroxylation is 1. The van der Waals surface area contributed by atoms with Crippen LogP contribution in [0.1, 0.15) is 22.3 Å². The third kappa shape index (κ3) is 4.06. The van der Waals surface area contributed by atoms with E-state index in [1.165, 1.54) is 6.07 Å². The van der Waals surface area contributed by atoms with Crippen molar-refractivity contribution in [1.29, 1.82) is 0 Å². The molecule has 0 aliphatic rings. The van der Waals surface area contributed by atoms with Crippen LogP contribution in [-0.2, 0) is 9.53 Å². The molecule has 6 nitrogen and oxygen atoms in total. The summed E-state index contributed by atoms with van der Waals surface area (Å²) in [5, 5.41) is 8.56. The molecule has 1 unspecified atom stereocenters. The van der Waals surface area contributed by atoms with Crippen LogP contribution in [-0.4, -0.2) is 29.7 Å². The number of hydrogen-bond donors (Lipinski definition) is 3.